The molecular weight excluding hydrogens is 322 g/mol. The highest BCUT2D eigenvalue weighted by molar-refractivity contribution is 6.03. The SMILES string of the molecule is C=CC.CC(=O)N1N=C(c2cc(F)ccc2F)CC1c1ccccc1. The number of benzene rings is 2. The number of hydrogen-bond acceptors (Lipinski definition) is 2. The van der Waals surface area contributed by atoms with Gasteiger partial charge in [0.2, 0.25) is 5.91 Å². The zero-order valence-electron chi connectivity index (χ0n) is 14.2. The molecule has 2 aromatic rings. The second-order valence-corrected chi connectivity index (χ2v) is 5.57. The van der Waals surface area contributed by atoms with Crippen molar-refractivity contribution in [2.24, 2.45) is 5.10 Å². The molecule has 2 aromatic carbocycles. The molecule has 0 saturated heterocycles. The van der Waals surface area contributed by atoms with Gasteiger partial charge in [0.1, 0.15) is 11.6 Å². The van der Waals surface area contributed by atoms with Crippen LogP contribution in [0.1, 0.15) is 37.4 Å². The van der Waals surface area contributed by atoms with Gasteiger partial charge in [-0.05, 0) is 30.7 Å². The summed E-state index contributed by atoms with van der Waals surface area (Å²) in [5.41, 5.74) is 1.39. The Kier molecular flexibility index (Phi) is 6.17. The lowest BCUT2D eigenvalue weighted by Gasteiger charge is -2.20. The van der Waals surface area contributed by atoms with Gasteiger partial charge in [0.15, 0.2) is 0 Å². The van der Waals surface area contributed by atoms with Crippen molar-refractivity contribution in [3.05, 3.63) is 83.9 Å². The first-order chi connectivity index (χ1) is 12.0. The van der Waals surface area contributed by atoms with Crippen molar-refractivity contribution in [1.29, 1.82) is 0 Å². The largest absolute Gasteiger partial charge is 0.273 e. The quantitative estimate of drug-likeness (QED) is 0.718. The highest BCUT2D eigenvalue weighted by Gasteiger charge is 2.32. The lowest BCUT2D eigenvalue weighted by molar-refractivity contribution is -0.130. The fraction of sp³-hybridized carbons (Fsp3) is 0.200. The zero-order valence-corrected chi connectivity index (χ0v) is 14.2. The Morgan fingerprint density at radius 3 is 2.48 bits per heavy atom. The van der Waals surface area contributed by atoms with Gasteiger partial charge < -0.3 is 0 Å². The molecule has 25 heavy (non-hydrogen) atoms. The van der Waals surface area contributed by atoms with E-state index in [0.717, 1.165) is 23.8 Å². The molecule has 0 radical (unpaired) electrons. The van der Waals surface area contributed by atoms with E-state index in [-0.39, 0.29) is 17.5 Å². The Morgan fingerprint density at radius 2 is 1.88 bits per heavy atom. The minimum Gasteiger partial charge on any atom is -0.273 e. The first kappa shape index (κ1) is 18.5. The van der Waals surface area contributed by atoms with Crippen molar-refractivity contribution in [3.8, 4) is 0 Å². The standard InChI is InChI=1S/C17H14F2N2O.C3H6/c1-11(22)21-17(12-5-3-2-4-6-12)10-16(20-21)14-9-13(18)7-8-15(14)19;1-3-2/h2-9,17H,10H2,1H3;3H,1H2,2H3. The second-order valence-electron chi connectivity index (χ2n) is 5.57. The number of nitrogens with zero attached hydrogens (tertiary/aromatic N) is 2. The van der Waals surface area contributed by atoms with Gasteiger partial charge in [-0.3, -0.25) is 4.79 Å². The number of halogens is 2. The van der Waals surface area contributed by atoms with E-state index in [1.54, 1.807) is 6.08 Å². The maximum absolute atomic E-state index is 13.9. The van der Waals surface area contributed by atoms with Crippen molar-refractivity contribution >= 4 is 11.6 Å². The van der Waals surface area contributed by atoms with Gasteiger partial charge in [-0.25, -0.2) is 13.8 Å². The molecule has 3 nitrogen and oxygen atoms in total. The maximum Gasteiger partial charge on any atom is 0.240 e. The number of rotatable bonds is 2. The molecule has 0 fully saturated rings. The third-order valence-corrected chi connectivity index (χ3v) is 3.66. The Hall–Kier alpha value is -2.82. The van der Waals surface area contributed by atoms with Crippen molar-refractivity contribution in [3.63, 3.8) is 0 Å². The average molecular weight is 342 g/mol. The molecule has 1 unspecified atom stereocenters. The lowest BCUT2D eigenvalue weighted by Crippen LogP contribution is -2.24. The molecule has 0 bridgehead atoms. The van der Waals surface area contributed by atoms with Gasteiger partial charge in [-0.15, -0.1) is 6.58 Å². The highest BCUT2D eigenvalue weighted by Crippen LogP contribution is 2.33. The topological polar surface area (TPSA) is 32.7 Å². The lowest BCUT2D eigenvalue weighted by atomic mass is 9.98. The first-order valence-electron chi connectivity index (χ1n) is 7.92. The number of hydrazone groups is 1. The summed E-state index contributed by atoms with van der Waals surface area (Å²) in [4.78, 5) is 11.8. The summed E-state index contributed by atoms with van der Waals surface area (Å²) in [6.45, 7) is 6.66. The normalized spacial score (nSPS) is 15.9. The Labute approximate surface area is 146 Å². The summed E-state index contributed by atoms with van der Waals surface area (Å²) in [6.07, 6.45) is 2.10. The van der Waals surface area contributed by atoms with E-state index in [2.05, 4.69) is 11.7 Å². The van der Waals surface area contributed by atoms with Crippen LogP contribution in [0.5, 0.6) is 0 Å². The number of carbonyl (C=O) groups is 1. The summed E-state index contributed by atoms with van der Waals surface area (Å²) in [5.74, 6) is -1.31. The minimum atomic E-state index is -0.544. The van der Waals surface area contributed by atoms with Crippen molar-refractivity contribution in [2.75, 3.05) is 0 Å². The predicted octanol–water partition coefficient (Wildman–Crippen LogP) is 4.85. The molecule has 1 atom stereocenters. The van der Waals surface area contributed by atoms with Crippen molar-refractivity contribution < 1.29 is 13.6 Å². The molecule has 0 N–H and O–H groups in total. The van der Waals surface area contributed by atoms with Crippen molar-refractivity contribution in [1.82, 2.24) is 5.01 Å². The summed E-state index contributed by atoms with van der Waals surface area (Å²) < 4.78 is 27.3. The molecule has 1 amide bonds. The van der Waals surface area contributed by atoms with Crippen LogP contribution in [-0.4, -0.2) is 16.6 Å². The Balaban J connectivity index is 0.000000701. The van der Waals surface area contributed by atoms with E-state index in [1.807, 2.05) is 37.3 Å². The van der Waals surface area contributed by atoms with Crippen LogP contribution in [0.4, 0.5) is 8.78 Å². The molecule has 0 aliphatic carbocycles. The molecule has 1 aliphatic rings. The molecule has 130 valence electrons. The van der Waals surface area contributed by atoms with E-state index in [9.17, 15) is 13.6 Å². The van der Waals surface area contributed by atoms with Gasteiger partial charge in [-0.2, -0.15) is 5.10 Å². The van der Waals surface area contributed by atoms with Gasteiger partial charge in [0.05, 0.1) is 11.8 Å². The van der Waals surface area contributed by atoms with Gasteiger partial charge in [0, 0.05) is 18.9 Å². The molecule has 0 saturated carbocycles. The van der Waals surface area contributed by atoms with E-state index in [0.29, 0.717) is 12.1 Å². The average Bonchev–Trinajstić information content (AvgIpc) is 3.04. The van der Waals surface area contributed by atoms with Crippen LogP contribution in [-0.2, 0) is 4.79 Å². The van der Waals surface area contributed by atoms with Crippen molar-refractivity contribution in [2.45, 2.75) is 26.3 Å². The van der Waals surface area contributed by atoms with Crippen LogP contribution in [0, 0.1) is 11.6 Å². The third kappa shape index (κ3) is 4.38. The van der Waals surface area contributed by atoms with Crippen LogP contribution in [0.25, 0.3) is 0 Å². The smallest absolute Gasteiger partial charge is 0.240 e. The fourth-order valence-electron chi connectivity index (χ4n) is 2.62. The number of allylic oxidation sites excluding steroid dienone is 1. The van der Waals surface area contributed by atoms with E-state index >= 15 is 0 Å². The predicted molar refractivity (Wildman–Crippen MR) is 95.1 cm³/mol. The van der Waals surface area contributed by atoms with E-state index < -0.39 is 11.6 Å². The molecule has 3 rings (SSSR count). The molecule has 1 aliphatic heterocycles. The van der Waals surface area contributed by atoms with Gasteiger partial charge >= 0.3 is 0 Å². The van der Waals surface area contributed by atoms with Gasteiger partial charge in [-0.1, -0.05) is 36.4 Å². The molecule has 5 heteroatoms. The van der Waals surface area contributed by atoms with E-state index in [4.69, 9.17) is 0 Å². The summed E-state index contributed by atoms with van der Waals surface area (Å²) in [7, 11) is 0. The molecule has 0 aromatic heterocycles. The second kappa shape index (κ2) is 8.33. The zero-order chi connectivity index (χ0) is 18.4. The molecular formula is C20H20F2N2O. The number of carbonyl (C=O) groups excluding carboxylic acids is 1. The molecule has 0 spiro atoms. The monoisotopic (exact) mass is 342 g/mol. The fourth-order valence-corrected chi connectivity index (χ4v) is 2.62. The Bertz CT molecular complexity index is 788. The summed E-state index contributed by atoms with van der Waals surface area (Å²) >= 11 is 0. The number of hydrogen-bond donors (Lipinski definition) is 0. The summed E-state index contributed by atoms with van der Waals surface area (Å²) in [5, 5.41) is 5.54. The highest BCUT2D eigenvalue weighted by atomic mass is 19.1. The van der Waals surface area contributed by atoms with Crippen LogP contribution >= 0.6 is 0 Å². The van der Waals surface area contributed by atoms with Crippen LogP contribution < -0.4 is 0 Å². The van der Waals surface area contributed by atoms with Crippen LogP contribution in [0.3, 0.4) is 0 Å². The first-order valence-corrected chi connectivity index (χ1v) is 7.92. The van der Waals surface area contributed by atoms with Gasteiger partial charge in [0.25, 0.3) is 0 Å². The van der Waals surface area contributed by atoms with Crippen LogP contribution in [0.15, 0.2) is 66.3 Å². The number of amides is 1. The molecule has 1 heterocycles. The van der Waals surface area contributed by atoms with E-state index in [1.165, 1.54) is 11.9 Å². The Morgan fingerprint density at radius 1 is 1.24 bits per heavy atom. The summed E-state index contributed by atoms with van der Waals surface area (Å²) in [6, 6.07) is 12.3. The van der Waals surface area contributed by atoms with Crippen LogP contribution in [0.2, 0.25) is 0 Å². The maximum atomic E-state index is 13.9. The minimum absolute atomic E-state index is 0.102. The third-order valence-electron chi connectivity index (χ3n) is 3.66.